The second-order valence-electron chi connectivity index (χ2n) is 7.04. The second kappa shape index (κ2) is 11.7. The van der Waals surface area contributed by atoms with E-state index in [-0.39, 0.29) is 11.9 Å². The highest BCUT2D eigenvalue weighted by atomic mass is 79.9. The number of ether oxygens (including phenoxy) is 1. The molecule has 172 valence electrons. The molecule has 2 atom stereocenters. The van der Waals surface area contributed by atoms with E-state index in [4.69, 9.17) is 4.74 Å². The van der Waals surface area contributed by atoms with Crippen molar-refractivity contribution in [3.8, 4) is 0 Å². The van der Waals surface area contributed by atoms with Gasteiger partial charge in [-0.15, -0.1) is 0 Å². The zero-order chi connectivity index (χ0) is 23.9. The summed E-state index contributed by atoms with van der Waals surface area (Å²) in [6.45, 7) is -0.173. The molecule has 0 bridgehead atoms. The van der Waals surface area contributed by atoms with Gasteiger partial charge in [0, 0.05) is 29.4 Å². The first kappa shape index (κ1) is 26.2. The van der Waals surface area contributed by atoms with Crippen LogP contribution in [0.25, 0.3) is 0 Å². The fraction of sp³-hybridized carbons (Fsp3) is 0.318. The molecule has 0 spiro atoms. The van der Waals surface area contributed by atoms with Crippen molar-refractivity contribution in [3.63, 3.8) is 0 Å². The lowest BCUT2D eigenvalue weighted by molar-refractivity contribution is -0.158. The summed E-state index contributed by atoms with van der Waals surface area (Å²) in [5, 5.41) is -0.124. The number of likely N-dealkylation sites (N-methyl/N-ethyl adjacent to an activating group) is 1. The molecule has 7 nitrogen and oxygen atoms in total. The summed E-state index contributed by atoms with van der Waals surface area (Å²) in [5.41, 5.74) is 1.03. The zero-order valence-corrected chi connectivity index (χ0v) is 21.7. The Labute approximate surface area is 200 Å². The van der Waals surface area contributed by atoms with Gasteiger partial charge in [-0.2, -0.15) is 0 Å². The number of carbonyl (C=O) groups is 3. The van der Waals surface area contributed by atoms with Crippen LogP contribution in [0.1, 0.15) is 36.2 Å². The van der Waals surface area contributed by atoms with Crippen molar-refractivity contribution in [3.05, 3.63) is 70.2 Å². The van der Waals surface area contributed by atoms with E-state index in [1.165, 1.54) is 14.1 Å². The zero-order valence-electron chi connectivity index (χ0n) is 18.4. The Morgan fingerprint density at radius 3 is 2.19 bits per heavy atom. The van der Waals surface area contributed by atoms with Crippen LogP contribution in [0.5, 0.6) is 0 Å². The van der Waals surface area contributed by atoms with Gasteiger partial charge in [-0.3, -0.25) is 23.5 Å². The van der Waals surface area contributed by atoms with Gasteiger partial charge >= 0.3 is 18.5 Å². The molecule has 32 heavy (non-hydrogen) atoms. The minimum Gasteiger partial charge on any atom is -0.454 e. The summed E-state index contributed by atoms with van der Waals surface area (Å²) < 4.78 is 21.9. The first-order chi connectivity index (χ1) is 15.1. The molecule has 0 saturated carbocycles. The van der Waals surface area contributed by atoms with Crippen LogP contribution in [0.15, 0.2) is 59.1 Å². The molecule has 2 aromatic carbocycles. The van der Waals surface area contributed by atoms with E-state index in [0.717, 1.165) is 25.2 Å². The van der Waals surface area contributed by atoms with Crippen molar-refractivity contribution in [2.24, 2.45) is 0 Å². The molecule has 0 aliphatic heterocycles. The molecule has 0 aliphatic rings. The molecule has 0 aliphatic carbocycles. The molecule has 2 aromatic rings. The number of benzene rings is 2. The van der Waals surface area contributed by atoms with Crippen LogP contribution in [-0.2, 0) is 25.5 Å². The maximum atomic E-state index is 14.0. The fourth-order valence-corrected chi connectivity index (χ4v) is 7.94. The third-order valence-corrected chi connectivity index (χ3v) is 11.5. The third kappa shape index (κ3) is 6.47. The minimum absolute atomic E-state index is 0.104. The van der Waals surface area contributed by atoms with Crippen LogP contribution in [0.4, 0.5) is 0 Å². The van der Waals surface area contributed by atoms with E-state index in [2.05, 4.69) is 15.9 Å². The number of carbonyl (C=O) groups excluding carboxylic acids is 3. The van der Waals surface area contributed by atoms with Crippen molar-refractivity contribution in [1.82, 2.24) is 9.34 Å². The van der Waals surface area contributed by atoms with Gasteiger partial charge in [0.05, 0.1) is 0 Å². The smallest absolute Gasteiger partial charge is 0.397 e. The van der Waals surface area contributed by atoms with Crippen molar-refractivity contribution in [1.29, 1.82) is 0 Å². The Morgan fingerprint density at radius 2 is 1.62 bits per heavy atom. The summed E-state index contributed by atoms with van der Waals surface area (Å²) in [6, 6.07) is 15.4. The number of rotatable bonds is 8. The summed E-state index contributed by atoms with van der Waals surface area (Å²) in [7, 11) is 2.64. The van der Waals surface area contributed by atoms with Gasteiger partial charge in [0.25, 0.3) is 5.91 Å². The molecule has 0 N–H and O–H groups in total. The number of nitrogens with zero attached hydrogens (tertiary/aromatic N) is 2. The van der Waals surface area contributed by atoms with E-state index < -0.39 is 24.4 Å². The van der Waals surface area contributed by atoms with Crippen molar-refractivity contribution in [2.45, 2.75) is 32.1 Å². The molecular weight excluding hydrogens is 515 g/mol. The lowest BCUT2D eigenvalue weighted by Crippen LogP contribution is -2.38. The van der Waals surface area contributed by atoms with E-state index in [0.29, 0.717) is 17.5 Å². The van der Waals surface area contributed by atoms with Gasteiger partial charge in [0.15, 0.2) is 0 Å². The van der Waals surface area contributed by atoms with E-state index in [1.54, 1.807) is 54.6 Å². The molecule has 0 fully saturated rings. The average molecular weight is 541 g/mol. The lowest BCUT2D eigenvalue weighted by Gasteiger charge is -2.35. The van der Waals surface area contributed by atoms with Gasteiger partial charge in [0.2, 0.25) is 0 Å². The largest absolute Gasteiger partial charge is 0.454 e. The molecule has 10 heteroatoms. The number of amides is 2. The van der Waals surface area contributed by atoms with Crippen LogP contribution in [0.3, 0.4) is 0 Å². The van der Waals surface area contributed by atoms with Crippen molar-refractivity contribution in [2.75, 3.05) is 14.1 Å². The molecule has 0 saturated heterocycles. The number of esters is 1. The minimum atomic E-state index is -3.83. The van der Waals surface area contributed by atoms with Crippen LogP contribution < -0.4 is 0 Å². The average Bonchev–Trinajstić information content (AvgIpc) is 2.81. The monoisotopic (exact) mass is 540 g/mol. The highest BCUT2D eigenvalue weighted by molar-refractivity contribution is 9.10. The normalized spacial score (nSPS) is 13.5. The summed E-state index contributed by atoms with van der Waals surface area (Å²) in [5.74, 6) is -2.72. The lowest BCUT2D eigenvalue weighted by atomic mass is 10.2. The highest BCUT2D eigenvalue weighted by Crippen LogP contribution is 2.65. The molecule has 0 aromatic heterocycles. The molecule has 0 heterocycles. The van der Waals surface area contributed by atoms with Crippen LogP contribution in [0.2, 0.25) is 0 Å². The third-order valence-electron chi connectivity index (χ3n) is 4.72. The van der Waals surface area contributed by atoms with E-state index in [9.17, 15) is 18.9 Å². The quantitative estimate of drug-likeness (QED) is 0.254. The summed E-state index contributed by atoms with van der Waals surface area (Å²) in [6.07, 6.45) is 0.665. The summed E-state index contributed by atoms with van der Waals surface area (Å²) >= 11 is 4.32. The summed E-state index contributed by atoms with van der Waals surface area (Å²) in [4.78, 5) is 38.2. The van der Waals surface area contributed by atoms with Crippen LogP contribution >= 0.6 is 34.0 Å². The van der Waals surface area contributed by atoms with Crippen LogP contribution in [-0.4, -0.2) is 46.5 Å². The first-order valence-corrected chi connectivity index (χ1v) is 13.8. The number of hydrogen-bond donors (Lipinski definition) is 0. The van der Waals surface area contributed by atoms with Gasteiger partial charge < -0.3 is 4.74 Å². The highest BCUT2D eigenvalue weighted by Gasteiger charge is 2.43. The van der Waals surface area contributed by atoms with Gasteiger partial charge in [-0.1, -0.05) is 71.5 Å². The van der Waals surface area contributed by atoms with Crippen molar-refractivity contribution < 1.29 is 23.7 Å². The maximum Gasteiger partial charge on any atom is 0.397 e. The van der Waals surface area contributed by atoms with E-state index in [1.807, 2.05) is 13.8 Å². The maximum absolute atomic E-state index is 14.0. The molecule has 2 unspecified atom stereocenters. The first-order valence-electron chi connectivity index (χ1n) is 9.91. The molecule has 2 rings (SSSR count). The molecular formula is C22H26BrN2O5PS. The Kier molecular flexibility index (Phi) is 9.55. The van der Waals surface area contributed by atoms with Crippen molar-refractivity contribution >= 4 is 51.7 Å². The Balaban J connectivity index is 2.22. The number of hydrogen-bond acceptors (Lipinski definition) is 6. The van der Waals surface area contributed by atoms with Gasteiger partial charge in [-0.25, -0.2) is 4.79 Å². The SMILES string of the molecule is CCC(C)SP(=O)(N(C)C(=O)C(=O)OCc1ccc(Br)cc1)N(C)C(=O)c1ccccc1. The van der Waals surface area contributed by atoms with Gasteiger partial charge in [-0.05, 0) is 36.2 Å². The van der Waals surface area contributed by atoms with Gasteiger partial charge in [0.1, 0.15) is 6.61 Å². The number of halogens is 1. The molecule has 0 radical (unpaired) electrons. The standard InChI is InChI=1S/C22H26BrN2O5PS/c1-5-16(2)32-31(29,24(3)20(26)18-9-7-6-8-10-18)25(4)21(27)22(28)30-15-17-11-13-19(23)14-12-17/h6-14,16H,5,15H2,1-4H3. The predicted octanol–water partition coefficient (Wildman–Crippen LogP) is 5.36. The molecule has 2 amide bonds. The van der Waals surface area contributed by atoms with Crippen LogP contribution in [0, 0.1) is 0 Å². The fourth-order valence-electron chi connectivity index (χ4n) is 2.57. The predicted molar refractivity (Wildman–Crippen MR) is 130 cm³/mol. The Hall–Kier alpha value is -2.09. The second-order valence-corrected chi connectivity index (χ2v) is 13.2. The topological polar surface area (TPSA) is 84.0 Å². The Bertz CT molecular complexity index is 1000. The Morgan fingerprint density at radius 1 is 1.03 bits per heavy atom. The van der Waals surface area contributed by atoms with E-state index >= 15 is 0 Å².